The predicted molar refractivity (Wildman–Crippen MR) is 115 cm³/mol. The first kappa shape index (κ1) is 18.7. The van der Waals surface area contributed by atoms with E-state index < -0.39 is 0 Å². The third-order valence-electron chi connectivity index (χ3n) is 4.87. The molecule has 4 aromatic rings. The van der Waals surface area contributed by atoms with Crippen LogP contribution in [0, 0.1) is 6.92 Å². The molecule has 0 aliphatic rings. The molecule has 146 valence electrons. The van der Waals surface area contributed by atoms with Gasteiger partial charge in [-0.1, -0.05) is 30.3 Å². The highest BCUT2D eigenvalue weighted by atomic mass is 16.5. The number of methoxy groups -OCH3 is 1. The molecule has 0 fully saturated rings. The van der Waals surface area contributed by atoms with Crippen molar-refractivity contribution in [3.8, 4) is 17.0 Å². The molecule has 0 saturated carbocycles. The van der Waals surface area contributed by atoms with Gasteiger partial charge >= 0.3 is 0 Å². The van der Waals surface area contributed by atoms with Gasteiger partial charge in [-0.25, -0.2) is 4.98 Å². The van der Waals surface area contributed by atoms with Crippen LogP contribution >= 0.6 is 0 Å². The summed E-state index contributed by atoms with van der Waals surface area (Å²) in [5.41, 5.74) is 5.61. The molecular weight excluding hydrogens is 362 g/mol. The van der Waals surface area contributed by atoms with Crippen molar-refractivity contribution in [2.45, 2.75) is 19.8 Å². The van der Waals surface area contributed by atoms with Gasteiger partial charge in [0.2, 0.25) is 5.91 Å². The van der Waals surface area contributed by atoms with Gasteiger partial charge in [0.1, 0.15) is 11.4 Å². The first-order valence-corrected chi connectivity index (χ1v) is 9.60. The Balaban J connectivity index is 1.55. The molecule has 1 amide bonds. The SMILES string of the molecule is COc1ccc(-c2cn3ccc(C)cc3n2)cc1NC(=O)CCc1ccccc1. The Morgan fingerprint density at radius 2 is 1.93 bits per heavy atom. The number of fused-ring (bicyclic) bond motifs is 1. The first-order chi connectivity index (χ1) is 14.1. The van der Waals surface area contributed by atoms with Crippen molar-refractivity contribution < 1.29 is 9.53 Å². The minimum Gasteiger partial charge on any atom is -0.495 e. The van der Waals surface area contributed by atoms with Gasteiger partial charge in [0, 0.05) is 24.4 Å². The monoisotopic (exact) mass is 385 g/mol. The lowest BCUT2D eigenvalue weighted by molar-refractivity contribution is -0.116. The largest absolute Gasteiger partial charge is 0.495 e. The van der Waals surface area contributed by atoms with Crippen molar-refractivity contribution in [2.24, 2.45) is 0 Å². The lowest BCUT2D eigenvalue weighted by Gasteiger charge is -2.11. The van der Waals surface area contributed by atoms with Crippen LogP contribution in [0.15, 0.2) is 73.1 Å². The Kier molecular flexibility index (Phi) is 5.29. The van der Waals surface area contributed by atoms with E-state index in [-0.39, 0.29) is 5.91 Å². The number of carbonyl (C=O) groups is 1. The summed E-state index contributed by atoms with van der Waals surface area (Å²) in [7, 11) is 1.60. The third-order valence-corrected chi connectivity index (χ3v) is 4.87. The lowest BCUT2D eigenvalue weighted by atomic mass is 10.1. The summed E-state index contributed by atoms with van der Waals surface area (Å²) < 4.78 is 7.42. The highest BCUT2D eigenvalue weighted by molar-refractivity contribution is 5.93. The number of carbonyl (C=O) groups excluding carboxylic acids is 1. The number of benzene rings is 2. The van der Waals surface area contributed by atoms with E-state index >= 15 is 0 Å². The van der Waals surface area contributed by atoms with Crippen molar-refractivity contribution >= 4 is 17.2 Å². The van der Waals surface area contributed by atoms with Gasteiger partial charge in [0.05, 0.1) is 18.5 Å². The second-order valence-electron chi connectivity index (χ2n) is 7.04. The summed E-state index contributed by atoms with van der Waals surface area (Å²) in [4.78, 5) is 17.2. The van der Waals surface area contributed by atoms with Crippen LogP contribution in [0.5, 0.6) is 5.75 Å². The quantitative estimate of drug-likeness (QED) is 0.514. The average Bonchev–Trinajstić information content (AvgIpc) is 3.16. The van der Waals surface area contributed by atoms with E-state index in [9.17, 15) is 4.79 Å². The Bertz CT molecular complexity index is 1150. The fourth-order valence-electron chi connectivity index (χ4n) is 3.30. The van der Waals surface area contributed by atoms with Crippen molar-refractivity contribution in [1.82, 2.24) is 9.38 Å². The normalized spacial score (nSPS) is 10.8. The number of hydrogen-bond donors (Lipinski definition) is 1. The van der Waals surface area contributed by atoms with Gasteiger partial charge in [-0.15, -0.1) is 0 Å². The van der Waals surface area contributed by atoms with Gasteiger partial charge in [0.25, 0.3) is 0 Å². The van der Waals surface area contributed by atoms with Gasteiger partial charge in [-0.05, 0) is 54.8 Å². The minimum atomic E-state index is -0.0464. The second kappa shape index (κ2) is 8.19. The average molecular weight is 385 g/mol. The van der Waals surface area contributed by atoms with Crippen molar-refractivity contribution in [1.29, 1.82) is 0 Å². The molecule has 0 aliphatic carbocycles. The van der Waals surface area contributed by atoms with E-state index in [0.29, 0.717) is 24.3 Å². The highest BCUT2D eigenvalue weighted by Gasteiger charge is 2.12. The summed E-state index contributed by atoms with van der Waals surface area (Å²) in [6, 6.07) is 19.8. The maximum atomic E-state index is 12.5. The fourth-order valence-corrected chi connectivity index (χ4v) is 3.30. The van der Waals surface area contributed by atoms with Gasteiger partial charge in [-0.2, -0.15) is 0 Å². The molecule has 29 heavy (non-hydrogen) atoms. The summed E-state index contributed by atoms with van der Waals surface area (Å²) >= 11 is 0. The number of aromatic nitrogens is 2. The van der Waals surface area contributed by atoms with Gasteiger partial charge < -0.3 is 14.5 Å². The molecule has 0 unspecified atom stereocenters. The molecular formula is C24H23N3O2. The molecule has 0 radical (unpaired) electrons. The van der Waals surface area contributed by atoms with Crippen LogP contribution in [0.3, 0.4) is 0 Å². The second-order valence-corrected chi connectivity index (χ2v) is 7.04. The van der Waals surface area contributed by atoms with E-state index in [1.165, 1.54) is 0 Å². The zero-order chi connectivity index (χ0) is 20.2. The summed E-state index contributed by atoms with van der Waals surface area (Å²) in [6.45, 7) is 2.05. The van der Waals surface area contributed by atoms with Crippen molar-refractivity contribution in [3.05, 3.63) is 84.2 Å². The molecule has 0 saturated heterocycles. The van der Waals surface area contributed by atoms with Crippen LogP contribution in [0.4, 0.5) is 5.69 Å². The number of amides is 1. The molecule has 0 aliphatic heterocycles. The van der Waals surface area contributed by atoms with Gasteiger partial charge in [-0.3, -0.25) is 4.79 Å². The van der Waals surface area contributed by atoms with E-state index in [1.807, 2.05) is 84.4 Å². The number of nitrogens with one attached hydrogen (secondary N) is 1. The van der Waals surface area contributed by atoms with Crippen LogP contribution in [-0.4, -0.2) is 22.4 Å². The van der Waals surface area contributed by atoms with Crippen LogP contribution < -0.4 is 10.1 Å². The molecule has 4 rings (SSSR count). The highest BCUT2D eigenvalue weighted by Crippen LogP contribution is 2.30. The smallest absolute Gasteiger partial charge is 0.224 e. The maximum Gasteiger partial charge on any atom is 0.224 e. The summed E-state index contributed by atoms with van der Waals surface area (Å²) in [5, 5.41) is 2.99. The zero-order valence-corrected chi connectivity index (χ0v) is 16.6. The molecule has 2 heterocycles. The van der Waals surface area contributed by atoms with Crippen LogP contribution in [-0.2, 0) is 11.2 Å². The number of nitrogens with zero attached hydrogens (tertiary/aromatic N) is 2. The number of ether oxygens (including phenoxy) is 1. The Morgan fingerprint density at radius 3 is 2.72 bits per heavy atom. The van der Waals surface area contributed by atoms with E-state index in [4.69, 9.17) is 9.72 Å². The maximum absolute atomic E-state index is 12.5. The first-order valence-electron chi connectivity index (χ1n) is 9.60. The van der Waals surface area contributed by atoms with Crippen LogP contribution in [0.2, 0.25) is 0 Å². The molecule has 2 aromatic heterocycles. The standard InChI is InChI=1S/C24H23N3O2/c1-17-12-13-27-16-21(25-23(27)14-17)19-9-10-22(29-2)20(15-19)26-24(28)11-8-18-6-4-3-5-7-18/h3-7,9-10,12-16H,8,11H2,1-2H3,(H,26,28). The Hall–Kier alpha value is -3.60. The third kappa shape index (κ3) is 4.29. The number of anilines is 1. The van der Waals surface area contributed by atoms with Crippen molar-refractivity contribution in [3.63, 3.8) is 0 Å². The number of pyridine rings is 1. The zero-order valence-electron chi connectivity index (χ0n) is 16.6. The molecule has 0 spiro atoms. The summed E-state index contributed by atoms with van der Waals surface area (Å²) in [5.74, 6) is 0.580. The Morgan fingerprint density at radius 1 is 1.10 bits per heavy atom. The number of imidazole rings is 1. The van der Waals surface area contributed by atoms with Crippen molar-refractivity contribution in [2.75, 3.05) is 12.4 Å². The van der Waals surface area contributed by atoms with E-state index in [2.05, 4.69) is 5.32 Å². The molecule has 1 N–H and O–H groups in total. The number of rotatable bonds is 6. The topological polar surface area (TPSA) is 55.6 Å². The molecule has 5 nitrogen and oxygen atoms in total. The van der Waals surface area contributed by atoms with Crippen LogP contribution in [0.25, 0.3) is 16.9 Å². The predicted octanol–water partition coefficient (Wildman–Crippen LogP) is 4.89. The summed E-state index contributed by atoms with van der Waals surface area (Å²) in [6.07, 6.45) is 5.08. The molecule has 0 atom stereocenters. The lowest BCUT2D eigenvalue weighted by Crippen LogP contribution is -2.13. The number of aryl methyl sites for hydroxylation is 2. The molecule has 2 aromatic carbocycles. The minimum absolute atomic E-state index is 0.0464. The Labute approximate surface area is 170 Å². The molecule has 5 heteroatoms. The number of hydrogen-bond acceptors (Lipinski definition) is 3. The molecule has 0 bridgehead atoms. The van der Waals surface area contributed by atoms with E-state index in [0.717, 1.165) is 28.0 Å². The van der Waals surface area contributed by atoms with E-state index in [1.54, 1.807) is 7.11 Å². The van der Waals surface area contributed by atoms with Crippen LogP contribution in [0.1, 0.15) is 17.5 Å². The fraction of sp³-hybridized carbons (Fsp3) is 0.167. The van der Waals surface area contributed by atoms with Gasteiger partial charge in [0.15, 0.2) is 0 Å².